The maximum absolute atomic E-state index is 12.7. The Kier molecular flexibility index (Phi) is 7.86. The summed E-state index contributed by atoms with van der Waals surface area (Å²) in [4.78, 5) is 50.4. The van der Waals surface area contributed by atoms with Crippen LogP contribution < -0.4 is 15.5 Å². The molecule has 0 spiro atoms. The van der Waals surface area contributed by atoms with Crippen LogP contribution in [0.25, 0.3) is 0 Å². The molecule has 9 nitrogen and oxygen atoms in total. The third-order valence-electron chi connectivity index (χ3n) is 7.21. The number of hydrogen-bond acceptors (Lipinski definition) is 6. The molecule has 3 amide bonds. The van der Waals surface area contributed by atoms with Gasteiger partial charge in [0.15, 0.2) is 0 Å². The summed E-state index contributed by atoms with van der Waals surface area (Å²) in [6.07, 6.45) is 6.18. The first-order valence-corrected chi connectivity index (χ1v) is 12.7. The summed E-state index contributed by atoms with van der Waals surface area (Å²) < 4.78 is 0. The maximum atomic E-state index is 12.7. The summed E-state index contributed by atoms with van der Waals surface area (Å²) in [5.74, 6) is 1.74. The number of carbonyl (C=O) groups excluding carboxylic acids is 3. The van der Waals surface area contributed by atoms with Crippen LogP contribution in [0.4, 0.5) is 11.5 Å². The van der Waals surface area contributed by atoms with E-state index >= 15 is 0 Å². The maximum Gasteiger partial charge on any atom is 0.253 e. The van der Waals surface area contributed by atoms with Crippen molar-refractivity contribution in [2.75, 3.05) is 31.4 Å². The lowest BCUT2D eigenvalue weighted by atomic mass is 9.84. The highest BCUT2D eigenvalue weighted by molar-refractivity contribution is 5.95. The zero-order chi connectivity index (χ0) is 25.8. The third kappa shape index (κ3) is 5.66. The van der Waals surface area contributed by atoms with Gasteiger partial charge in [0.2, 0.25) is 11.8 Å². The average Bonchev–Trinajstić information content (AvgIpc) is 3.26. The molecule has 1 saturated heterocycles. The molecule has 1 aliphatic heterocycles. The van der Waals surface area contributed by atoms with Crippen LogP contribution in [0, 0.1) is 12.8 Å². The monoisotopic (exact) mass is 492 g/mol. The zero-order valence-electron chi connectivity index (χ0n) is 21.6. The van der Waals surface area contributed by atoms with E-state index in [2.05, 4.69) is 20.5 Å². The molecule has 2 heterocycles. The number of carbonyl (C=O) groups is 3. The molecule has 2 aliphatic rings. The Balaban J connectivity index is 1.43. The fourth-order valence-corrected chi connectivity index (χ4v) is 5.48. The van der Waals surface area contributed by atoms with Crippen molar-refractivity contribution in [1.82, 2.24) is 20.2 Å². The fraction of sp³-hybridized carbons (Fsp3) is 0.519. The van der Waals surface area contributed by atoms with E-state index in [1.54, 1.807) is 45.4 Å². The van der Waals surface area contributed by atoms with Crippen molar-refractivity contribution in [2.45, 2.75) is 64.0 Å². The first-order chi connectivity index (χ1) is 17.3. The topological polar surface area (TPSA) is 108 Å². The lowest BCUT2D eigenvalue weighted by Gasteiger charge is -2.34. The molecule has 4 rings (SSSR count). The van der Waals surface area contributed by atoms with Gasteiger partial charge >= 0.3 is 0 Å². The lowest BCUT2D eigenvalue weighted by molar-refractivity contribution is -0.121. The second-order valence-corrected chi connectivity index (χ2v) is 9.97. The number of benzene rings is 1. The van der Waals surface area contributed by atoms with Crippen molar-refractivity contribution in [3.05, 3.63) is 47.4 Å². The summed E-state index contributed by atoms with van der Waals surface area (Å²) >= 11 is 0. The van der Waals surface area contributed by atoms with Crippen molar-refractivity contribution in [3.63, 3.8) is 0 Å². The molecule has 1 saturated carbocycles. The number of rotatable bonds is 7. The van der Waals surface area contributed by atoms with Crippen molar-refractivity contribution >= 4 is 29.2 Å². The van der Waals surface area contributed by atoms with Gasteiger partial charge in [0.05, 0.1) is 0 Å². The number of anilines is 2. The van der Waals surface area contributed by atoms with E-state index in [1.165, 1.54) is 17.7 Å². The molecule has 0 unspecified atom stereocenters. The highest BCUT2D eigenvalue weighted by atomic mass is 16.2. The molecule has 1 aromatic carbocycles. The van der Waals surface area contributed by atoms with Crippen LogP contribution in [0.15, 0.2) is 30.3 Å². The Morgan fingerprint density at radius 1 is 1.08 bits per heavy atom. The van der Waals surface area contributed by atoms with Gasteiger partial charge in [-0.3, -0.25) is 14.4 Å². The zero-order valence-corrected chi connectivity index (χ0v) is 21.6. The smallest absolute Gasteiger partial charge is 0.253 e. The number of aromatic nitrogens is 2. The third-order valence-corrected chi connectivity index (χ3v) is 7.21. The minimum Gasteiger partial charge on any atom is -0.357 e. The summed E-state index contributed by atoms with van der Waals surface area (Å²) in [5, 5.41) is 5.71. The van der Waals surface area contributed by atoms with Gasteiger partial charge < -0.3 is 20.4 Å². The Labute approximate surface area is 212 Å². The Morgan fingerprint density at radius 3 is 2.50 bits per heavy atom. The van der Waals surface area contributed by atoms with Gasteiger partial charge in [0.25, 0.3) is 5.91 Å². The van der Waals surface area contributed by atoms with Crippen LogP contribution in [0.5, 0.6) is 0 Å². The van der Waals surface area contributed by atoms with Crippen molar-refractivity contribution in [1.29, 1.82) is 0 Å². The van der Waals surface area contributed by atoms with E-state index in [0.717, 1.165) is 30.8 Å². The molecule has 2 N–H and O–H groups in total. The number of nitrogens with one attached hydrogen (secondary N) is 2. The van der Waals surface area contributed by atoms with Gasteiger partial charge in [-0.1, -0.05) is 12.8 Å². The molecule has 36 heavy (non-hydrogen) atoms. The first kappa shape index (κ1) is 25.6. The summed E-state index contributed by atoms with van der Waals surface area (Å²) in [7, 11) is 5.09. The van der Waals surface area contributed by atoms with Gasteiger partial charge in [0, 0.05) is 56.6 Å². The molecule has 1 aromatic heterocycles. The molecule has 2 aromatic rings. The van der Waals surface area contributed by atoms with E-state index < -0.39 is 0 Å². The van der Waals surface area contributed by atoms with Crippen LogP contribution in [-0.2, 0) is 16.0 Å². The highest BCUT2D eigenvalue weighted by Crippen LogP contribution is 2.42. The number of fused-ring (bicyclic) bond motifs is 1. The van der Waals surface area contributed by atoms with Crippen molar-refractivity contribution in [2.24, 2.45) is 5.92 Å². The van der Waals surface area contributed by atoms with Crippen molar-refractivity contribution in [3.8, 4) is 0 Å². The normalized spacial score (nSPS) is 21.0. The van der Waals surface area contributed by atoms with Crippen LogP contribution in [-0.4, -0.2) is 65.8 Å². The number of aryl methyl sites for hydroxylation is 2. The Morgan fingerprint density at radius 2 is 1.81 bits per heavy atom. The van der Waals surface area contributed by atoms with Crippen LogP contribution in [0.3, 0.4) is 0 Å². The van der Waals surface area contributed by atoms with E-state index in [-0.39, 0.29) is 30.2 Å². The summed E-state index contributed by atoms with van der Waals surface area (Å²) in [5.41, 5.74) is 2.00. The van der Waals surface area contributed by atoms with E-state index in [9.17, 15) is 14.4 Å². The summed E-state index contributed by atoms with van der Waals surface area (Å²) in [6, 6.07) is 8.90. The predicted octanol–water partition coefficient (Wildman–Crippen LogP) is 2.94. The quantitative estimate of drug-likeness (QED) is 0.615. The van der Waals surface area contributed by atoms with Gasteiger partial charge in [-0.05, 0) is 62.8 Å². The van der Waals surface area contributed by atoms with Crippen LogP contribution in [0.1, 0.15) is 60.4 Å². The SMILES string of the molecule is CNC(=O)[C@@H]1C[C@@H]2CCCC[C@@H]2N1c1cc(CCC(=O)Nc2ccc(C(=O)N(C)C)cc2)nc(C)n1. The molecule has 0 bridgehead atoms. The van der Waals surface area contributed by atoms with E-state index in [1.807, 2.05) is 13.0 Å². The van der Waals surface area contributed by atoms with E-state index in [0.29, 0.717) is 35.5 Å². The lowest BCUT2D eigenvalue weighted by Crippen LogP contribution is -2.46. The number of hydrogen-bond donors (Lipinski definition) is 2. The Hall–Kier alpha value is -3.49. The van der Waals surface area contributed by atoms with Gasteiger partial charge in [-0.2, -0.15) is 0 Å². The molecule has 1 aliphatic carbocycles. The second-order valence-electron chi connectivity index (χ2n) is 9.97. The predicted molar refractivity (Wildman–Crippen MR) is 139 cm³/mol. The second kappa shape index (κ2) is 11.1. The number of likely N-dealkylation sites (N-methyl/N-ethyl adjacent to an activating group) is 1. The van der Waals surface area contributed by atoms with Gasteiger partial charge in [-0.25, -0.2) is 9.97 Å². The molecular formula is C27H36N6O3. The molecular weight excluding hydrogens is 456 g/mol. The van der Waals surface area contributed by atoms with Gasteiger partial charge in [0.1, 0.15) is 17.7 Å². The van der Waals surface area contributed by atoms with Gasteiger partial charge in [-0.15, -0.1) is 0 Å². The van der Waals surface area contributed by atoms with Crippen molar-refractivity contribution < 1.29 is 14.4 Å². The molecule has 2 fully saturated rings. The number of nitrogens with zero attached hydrogens (tertiary/aromatic N) is 4. The first-order valence-electron chi connectivity index (χ1n) is 12.7. The largest absolute Gasteiger partial charge is 0.357 e. The minimum absolute atomic E-state index is 0.0277. The Bertz CT molecular complexity index is 1120. The molecule has 192 valence electrons. The summed E-state index contributed by atoms with van der Waals surface area (Å²) in [6.45, 7) is 1.85. The van der Waals surface area contributed by atoms with Crippen LogP contribution in [0.2, 0.25) is 0 Å². The average molecular weight is 493 g/mol. The number of amides is 3. The molecule has 9 heteroatoms. The highest BCUT2D eigenvalue weighted by Gasteiger charge is 2.45. The van der Waals surface area contributed by atoms with E-state index in [4.69, 9.17) is 4.98 Å². The minimum atomic E-state index is -0.226. The van der Waals surface area contributed by atoms with Crippen LogP contribution >= 0.6 is 0 Å². The standard InChI is InChI=1S/C27H36N6O3/c1-17-29-21(13-14-25(34)31-20-11-9-18(10-12-20)27(36)32(3)4)16-24(30-17)33-22-8-6-5-7-19(22)15-23(33)26(35)28-2/h9-12,16,19,22-23H,5-8,13-15H2,1-4H3,(H,28,35)(H,31,34)/t19-,22-,23-/m0/s1. The molecule has 3 atom stereocenters. The fourth-order valence-electron chi connectivity index (χ4n) is 5.48. The molecule has 0 radical (unpaired) electrons.